The van der Waals surface area contributed by atoms with Crippen molar-refractivity contribution in [2.75, 3.05) is 19.0 Å². The van der Waals surface area contributed by atoms with Gasteiger partial charge in [0.15, 0.2) is 6.61 Å². The van der Waals surface area contributed by atoms with Crippen LogP contribution in [0.25, 0.3) is 10.9 Å². The third-order valence-electron chi connectivity index (χ3n) is 4.20. The molecule has 9 nitrogen and oxygen atoms in total. The number of nitrogens with one attached hydrogen (secondary N) is 1. The molecule has 154 valence electrons. The minimum atomic E-state index is -0.800. The number of halogens is 1. The molecule has 30 heavy (non-hydrogen) atoms. The SMILES string of the molecule is COc1ccc(NC(=O)COC(=O)c2cc3ccc(F)cc3nc2C)c([N+](=O)[O-])c1. The maximum absolute atomic E-state index is 13.3. The minimum absolute atomic E-state index is 0.0626. The van der Waals surface area contributed by atoms with Crippen LogP contribution < -0.4 is 10.1 Å². The van der Waals surface area contributed by atoms with E-state index in [9.17, 15) is 24.1 Å². The van der Waals surface area contributed by atoms with Crippen LogP contribution in [0.4, 0.5) is 15.8 Å². The molecule has 0 spiro atoms. The number of methoxy groups -OCH3 is 1. The van der Waals surface area contributed by atoms with E-state index >= 15 is 0 Å². The van der Waals surface area contributed by atoms with Crippen molar-refractivity contribution in [3.05, 3.63) is 69.7 Å². The highest BCUT2D eigenvalue weighted by atomic mass is 19.1. The Morgan fingerprint density at radius 3 is 2.67 bits per heavy atom. The van der Waals surface area contributed by atoms with Crippen LogP contribution in [-0.4, -0.2) is 35.5 Å². The summed E-state index contributed by atoms with van der Waals surface area (Å²) in [5.74, 6) is -1.75. The summed E-state index contributed by atoms with van der Waals surface area (Å²) >= 11 is 0. The molecule has 0 unspecified atom stereocenters. The highest BCUT2D eigenvalue weighted by Gasteiger charge is 2.19. The van der Waals surface area contributed by atoms with E-state index in [1.165, 1.54) is 43.5 Å². The molecule has 0 radical (unpaired) electrons. The number of esters is 1. The molecular formula is C20H16FN3O6. The van der Waals surface area contributed by atoms with E-state index in [2.05, 4.69) is 10.3 Å². The normalized spacial score (nSPS) is 10.5. The lowest BCUT2D eigenvalue weighted by Gasteiger charge is -2.10. The van der Waals surface area contributed by atoms with E-state index in [0.717, 1.165) is 6.07 Å². The number of rotatable bonds is 6. The number of benzene rings is 2. The number of nitrogens with zero attached hydrogens (tertiary/aromatic N) is 2. The number of nitro groups is 1. The second kappa shape index (κ2) is 8.52. The molecule has 2 aromatic carbocycles. The summed E-state index contributed by atoms with van der Waals surface area (Å²) in [4.78, 5) is 39.1. The van der Waals surface area contributed by atoms with Crippen LogP contribution in [0.15, 0.2) is 42.5 Å². The van der Waals surface area contributed by atoms with Gasteiger partial charge in [-0.15, -0.1) is 0 Å². The Kier molecular flexibility index (Phi) is 5.86. The monoisotopic (exact) mass is 413 g/mol. The van der Waals surface area contributed by atoms with Gasteiger partial charge in [-0.2, -0.15) is 0 Å². The fraction of sp³-hybridized carbons (Fsp3) is 0.150. The van der Waals surface area contributed by atoms with Crippen molar-refractivity contribution in [3.8, 4) is 5.75 Å². The van der Waals surface area contributed by atoms with Crippen LogP contribution in [0, 0.1) is 22.9 Å². The molecule has 0 aliphatic carbocycles. The average molecular weight is 413 g/mol. The van der Waals surface area contributed by atoms with Crippen molar-refractivity contribution < 1.29 is 28.4 Å². The van der Waals surface area contributed by atoms with Crippen LogP contribution in [0.5, 0.6) is 5.75 Å². The van der Waals surface area contributed by atoms with Crippen LogP contribution in [0.1, 0.15) is 16.1 Å². The molecule has 3 rings (SSSR count). The van der Waals surface area contributed by atoms with Gasteiger partial charge in [0, 0.05) is 11.5 Å². The second-order valence-electron chi connectivity index (χ2n) is 6.22. The van der Waals surface area contributed by atoms with E-state index in [0.29, 0.717) is 16.6 Å². The van der Waals surface area contributed by atoms with E-state index in [1.54, 1.807) is 6.92 Å². The van der Waals surface area contributed by atoms with E-state index < -0.39 is 29.2 Å². The predicted molar refractivity (Wildman–Crippen MR) is 105 cm³/mol. The Labute approximate surface area is 169 Å². The van der Waals surface area contributed by atoms with Crippen molar-refractivity contribution in [3.63, 3.8) is 0 Å². The minimum Gasteiger partial charge on any atom is -0.496 e. The standard InChI is InChI=1S/C20H16FN3O6/c1-11-15(7-12-3-4-13(21)8-17(12)22-11)20(26)30-10-19(25)23-16-6-5-14(29-2)9-18(16)24(27)28/h3-9H,10H2,1-2H3,(H,23,25). The summed E-state index contributed by atoms with van der Waals surface area (Å²) in [6.07, 6.45) is 0. The van der Waals surface area contributed by atoms with Crippen molar-refractivity contribution in [1.82, 2.24) is 4.98 Å². The first-order valence-corrected chi connectivity index (χ1v) is 8.65. The van der Waals surface area contributed by atoms with Gasteiger partial charge in [0.2, 0.25) is 0 Å². The molecule has 0 aliphatic rings. The Hall–Kier alpha value is -4.08. The molecule has 0 atom stereocenters. The lowest BCUT2D eigenvalue weighted by atomic mass is 10.1. The second-order valence-corrected chi connectivity index (χ2v) is 6.22. The van der Waals surface area contributed by atoms with Gasteiger partial charge >= 0.3 is 5.97 Å². The summed E-state index contributed by atoms with van der Waals surface area (Å²) < 4.78 is 23.2. The van der Waals surface area contributed by atoms with Gasteiger partial charge in [-0.1, -0.05) is 0 Å². The van der Waals surface area contributed by atoms with Crippen LogP contribution in [0.3, 0.4) is 0 Å². The molecule has 0 aliphatic heterocycles. The zero-order valence-electron chi connectivity index (χ0n) is 16.0. The highest BCUT2D eigenvalue weighted by molar-refractivity contribution is 5.98. The maximum Gasteiger partial charge on any atom is 0.340 e. The molecule has 1 heterocycles. The van der Waals surface area contributed by atoms with Gasteiger partial charge in [0.1, 0.15) is 17.3 Å². The topological polar surface area (TPSA) is 121 Å². The van der Waals surface area contributed by atoms with Crippen molar-refractivity contribution in [2.45, 2.75) is 6.92 Å². The van der Waals surface area contributed by atoms with Crippen molar-refractivity contribution in [2.24, 2.45) is 0 Å². The number of ether oxygens (including phenoxy) is 2. The number of carbonyl (C=O) groups excluding carboxylic acids is 2. The predicted octanol–water partition coefficient (Wildman–Crippen LogP) is 3.39. The number of nitro benzene ring substituents is 1. The number of fused-ring (bicyclic) bond motifs is 1. The molecule has 1 amide bonds. The van der Waals surface area contributed by atoms with E-state index in [1.807, 2.05) is 0 Å². The Bertz CT molecular complexity index is 1160. The van der Waals surface area contributed by atoms with Crippen molar-refractivity contribution >= 4 is 34.2 Å². The van der Waals surface area contributed by atoms with Gasteiger partial charge in [0.25, 0.3) is 11.6 Å². The van der Waals surface area contributed by atoms with E-state index in [-0.39, 0.29) is 22.7 Å². The Morgan fingerprint density at radius 2 is 1.97 bits per heavy atom. The smallest absolute Gasteiger partial charge is 0.340 e. The van der Waals surface area contributed by atoms with Crippen molar-refractivity contribution in [1.29, 1.82) is 0 Å². The molecule has 1 aromatic heterocycles. The van der Waals surface area contributed by atoms with Crippen LogP contribution >= 0.6 is 0 Å². The summed E-state index contributed by atoms with van der Waals surface area (Å²) in [5, 5.41) is 14.0. The molecule has 10 heteroatoms. The third kappa shape index (κ3) is 4.49. The Balaban J connectivity index is 1.70. The number of aromatic nitrogens is 1. The number of carbonyl (C=O) groups is 2. The summed E-state index contributed by atoms with van der Waals surface area (Å²) in [5.41, 5.74) is 0.388. The zero-order chi connectivity index (χ0) is 21.8. The van der Waals surface area contributed by atoms with Crippen LogP contribution in [-0.2, 0) is 9.53 Å². The number of pyridine rings is 1. The maximum atomic E-state index is 13.3. The molecule has 0 bridgehead atoms. The quantitative estimate of drug-likeness (QED) is 0.373. The molecule has 0 saturated heterocycles. The van der Waals surface area contributed by atoms with Gasteiger partial charge in [-0.25, -0.2) is 9.18 Å². The fourth-order valence-electron chi connectivity index (χ4n) is 2.73. The highest BCUT2D eigenvalue weighted by Crippen LogP contribution is 2.29. The first-order chi connectivity index (χ1) is 14.3. The number of anilines is 1. The van der Waals surface area contributed by atoms with E-state index in [4.69, 9.17) is 9.47 Å². The van der Waals surface area contributed by atoms with Gasteiger partial charge in [0.05, 0.1) is 34.9 Å². The average Bonchev–Trinajstić information content (AvgIpc) is 2.71. The molecule has 1 N–H and O–H groups in total. The Morgan fingerprint density at radius 1 is 1.20 bits per heavy atom. The zero-order valence-corrected chi connectivity index (χ0v) is 16.0. The number of hydrogen-bond acceptors (Lipinski definition) is 7. The summed E-state index contributed by atoms with van der Waals surface area (Å²) in [6.45, 7) is 0.893. The number of aryl methyl sites for hydroxylation is 1. The molecular weight excluding hydrogens is 397 g/mol. The molecule has 3 aromatic rings. The largest absolute Gasteiger partial charge is 0.496 e. The summed E-state index contributed by atoms with van der Waals surface area (Å²) in [6, 6.07) is 9.37. The first kappa shape index (κ1) is 20.6. The lowest BCUT2D eigenvalue weighted by molar-refractivity contribution is -0.384. The number of hydrogen-bond donors (Lipinski definition) is 1. The summed E-state index contributed by atoms with van der Waals surface area (Å²) in [7, 11) is 1.36. The fourth-order valence-corrected chi connectivity index (χ4v) is 2.73. The molecule has 0 saturated carbocycles. The van der Waals surface area contributed by atoms with Crippen LogP contribution in [0.2, 0.25) is 0 Å². The lowest BCUT2D eigenvalue weighted by Crippen LogP contribution is -2.22. The van der Waals surface area contributed by atoms with Gasteiger partial charge in [-0.3, -0.25) is 19.9 Å². The first-order valence-electron chi connectivity index (χ1n) is 8.65. The van der Waals surface area contributed by atoms with Gasteiger partial charge < -0.3 is 14.8 Å². The number of amides is 1. The third-order valence-corrected chi connectivity index (χ3v) is 4.20. The van der Waals surface area contributed by atoms with Gasteiger partial charge in [-0.05, 0) is 37.3 Å². The molecule has 0 fully saturated rings.